The van der Waals surface area contributed by atoms with Gasteiger partial charge in [-0.05, 0) is 43.6 Å². The molecule has 29 heavy (non-hydrogen) atoms. The van der Waals surface area contributed by atoms with Crippen LogP contribution >= 0.6 is 0 Å². The predicted molar refractivity (Wildman–Crippen MR) is 118 cm³/mol. The molecule has 0 aliphatic carbocycles. The summed E-state index contributed by atoms with van der Waals surface area (Å²) in [5.41, 5.74) is 4.31. The summed E-state index contributed by atoms with van der Waals surface area (Å²) >= 11 is 0. The molecule has 0 aliphatic rings. The second-order valence-corrected chi connectivity index (χ2v) is 7.97. The number of hydrogen-bond donors (Lipinski definition) is 2. The Bertz CT molecular complexity index is 929. The van der Waals surface area contributed by atoms with E-state index in [1.54, 1.807) is 0 Å². The van der Waals surface area contributed by atoms with Crippen LogP contribution in [0.3, 0.4) is 0 Å². The van der Waals surface area contributed by atoms with E-state index in [0.29, 0.717) is 5.92 Å². The van der Waals surface area contributed by atoms with E-state index in [9.17, 15) is 4.79 Å². The van der Waals surface area contributed by atoms with Gasteiger partial charge in [0.05, 0.1) is 17.9 Å². The van der Waals surface area contributed by atoms with E-state index in [-0.39, 0.29) is 18.0 Å². The summed E-state index contributed by atoms with van der Waals surface area (Å²) in [5, 5.41) is 3.09. The van der Waals surface area contributed by atoms with Gasteiger partial charge in [-0.2, -0.15) is 0 Å². The number of likely N-dealkylation sites (N-methyl/N-ethyl adjacent to an activating group) is 1. The van der Waals surface area contributed by atoms with Crippen LogP contribution in [0.5, 0.6) is 0 Å². The molecule has 1 amide bonds. The SMILES string of the molecule is CC(C)c1ccc(-c2cnc(C(C)NC(=O)C(c3ccccc3)N(C)C)[nH]2)cc1. The zero-order chi connectivity index (χ0) is 21.0. The van der Waals surface area contributed by atoms with Crippen LogP contribution < -0.4 is 5.32 Å². The van der Waals surface area contributed by atoms with Gasteiger partial charge in [-0.25, -0.2) is 4.98 Å². The van der Waals surface area contributed by atoms with Gasteiger partial charge in [0.15, 0.2) is 0 Å². The molecule has 5 nitrogen and oxygen atoms in total. The van der Waals surface area contributed by atoms with E-state index in [4.69, 9.17) is 0 Å². The fourth-order valence-corrected chi connectivity index (χ4v) is 3.43. The van der Waals surface area contributed by atoms with Crippen molar-refractivity contribution in [3.63, 3.8) is 0 Å². The summed E-state index contributed by atoms with van der Waals surface area (Å²) in [6.07, 6.45) is 1.82. The summed E-state index contributed by atoms with van der Waals surface area (Å²) in [6, 6.07) is 17.7. The number of amides is 1. The highest BCUT2D eigenvalue weighted by atomic mass is 16.2. The lowest BCUT2D eigenvalue weighted by Gasteiger charge is -2.25. The monoisotopic (exact) mass is 390 g/mol. The fourth-order valence-electron chi connectivity index (χ4n) is 3.43. The molecule has 0 saturated carbocycles. The van der Waals surface area contributed by atoms with Gasteiger partial charge in [-0.15, -0.1) is 0 Å². The Morgan fingerprint density at radius 3 is 2.21 bits per heavy atom. The van der Waals surface area contributed by atoms with Crippen molar-refractivity contribution >= 4 is 5.91 Å². The number of aromatic nitrogens is 2. The minimum atomic E-state index is -0.350. The maximum Gasteiger partial charge on any atom is 0.242 e. The van der Waals surface area contributed by atoms with Crippen LogP contribution in [0, 0.1) is 0 Å². The minimum absolute atomic E-state index is 0.0482. The molecule has 0 bridgehead atoms. The fraction of sp³-hybridized carbons (Fsp3) is 0.333. The Balaban J connectivity index is 1.72. The van der Waals surface area contributed by atoms with Gasteiger partial charge in [0.25, 0.3) is 0 Å². The maximum absolute atomic E-state index is 13.0. The highest BCUT2D eigenvalue weighted by molar-refractivity contribution is 5.83. The first-order valence-electron chi connectivity index (χ1n) is 10.0. The third-order valence-corrected chi connectivity index (χ3v) is 5.13. The van der Waals surface area contributed by atoms with Crippen molar-refractivity contribution in [1.29, 1.82) is 0 Å². The number of benzene rings is 2. The average Bonchev–Trinajstić information content (AvgIpc) is 3.19. The van der Waals surface area contributed by atoms with Crippen molar-refractivity contribution in [3.8, 4) is 11.3 Å². The van der Waals surface area contributed by atoms with Crippen molar-refractivity contribution in [2.24, 2.45) is 0 Å². The van der Waals surface area contributed by atoms with Crippen LogP contribution in [0.1, 0.15) is 55.7 Å². The number of imidazole rings is 1. The molecular formula is C24H30N4O. The van der Waals surface area contributed by atoms with Gasteiger partial charge < -0.3 is 10.3 Å². The normalized spacial score (nSPS) is 13.5. The number of carbonyl (C=O) groups is 1. The first kappa shape index (κ1) is 20.8. The molecule has 3 rings (SSSR count). The van der Waals surface area contributed by atoms with Crippen molar-refractivity contribution in [2.75, 3.05) is 14.1 Å². The number of carbonyl (C=O) groups excluding carboxylic acids is 1. The molecule has 152 valence electrons. The minimum Gasteiger partial charge on any atom is -0.345 e. The molecule has 0 aliphatic heterocycles. The first-order valence-corrected chi connectivity index (χ1v) is 10.0. The smallest absolute Gasteiger partial charge is 0.242 e. The number of rotatable bonds is 7. The van der Waals surface area contributed by atoms with Crippen LogP contribution in [0.15, 0.2) is 60.8 Å². The summed E-state index contributed by atoms with van der Waals surface area (Å²) in [6.45, 7) is 6.31. The van der Waals surface area contributed by atoms with Gasteiger partial charge in [-0.3, -0.25) is 9.69 Å². The molecule has 2 aromatic carbocycles. The van der Waals surface area contributed by atoms with Gasteiger partial charge in [-0.1, -0.05) is 68.4 Å². The highest BCUT2D eigenvalue weighted by Crippen LogP contribution is 2.23. The molecular weight excluding hydrogens is 360 g/mol. The Kier molecular flexibility index (Phi) is 6.49. The van der Waals surface area contributed by atoms with Gasteiger partial charge in [0.1, 0.15) is 11.9 Å². The summed E-state index contributed by atoms with van der Waals surface area (Å²) < 4.78 is 0. The molecule has 2 unspecified atom stereocenters. The van der Waals surface area contributed by atoms with E-state index in [1.807, 2.05) is 62.4 Å². The molecule has 3 aromatic rings. The van der Waals surface area contributed by atoms with Crippen LogP contribution in [-0.4, -0.2) is 34.9 Å². The Morgan fingerprint density at radius 1 is 0.966 bits per heavy atom. The molecule has 0 radical (unpaired) electrons. The van der Waals surface area contributed by atoms with E-state index >= 15 is 0 Å². The molecule has 0 spiro atoms. The van der Waals surface area contributed by atoms with E-state index in [0.717, 1.165) is 22.6 Å². The number of nitrogens with one attached hydrogen (secondary N) is 2. The second kappa shape index (κ2) is 9.05. The third kappa shape index (κ3) is 4.93. The van der Waals surface area contributed by atoms with Gasteiger partial charge in [0, 0.05) is 0 Å². The van der Waals surface area contributed by atoms with Crippen LogP contribution in [0.4, 0.5) is 0 Å². The van der Waals surface area contributed by atoms with E-state index in [2.05, 4.69) is 53.4 Å². The molecule has 5 heteroatoms. The van der Waals surface area contributed by atoms with Gasteiger partial charge >= 0.3 is 0 Å². The second-order valence-electron chi connectivity index (χ2n) is 7.97. The van der Waals surface area contributed by atoms with E-state index < -0.39 is 0 Å². The average molecular weight is 391 g/mol. The third-order valence-electron chi connectivity index (χ3n) is 5.13. The Labute approximate surface area is 173 Å². The van der Waals surface area contributed by atoms with Crippen molar-refractivity contribution < 1.29 is 4.79 Å². The molecule has 2 N–H and O–H groups in total. The number of nitrogens with zero attached hydrogens (tertiary/aromatic N) is 2. The van der Waals surface area contributed by atoms with Gasteiger partial charge in [0.2, 0.25) is 5.91 Å². The Morgan fingerprint density at radius 2 is 1.62 bits per heavy atom. The largest absolute Gasteiger partial charge is 0.345 e. The van der Waals surface area contributed by atoms with Crippen LogP contribution in [0.2, 0.25) is 0 Å². The van der Waals surface area contributed by atoms with Crippen molar-refractivity contribution in [1.82, 2.24) is 20.2 Å². The molecule has 0 fully saturated rings. The van der Waals surface area contributed by atoms with Crippen LogP contribution in [-0.2, 0) is 4.79 Å². The number of hydrogen-bond acceptors (Lipinski definition) is 3. The van der Waals surface area contributed by atoms with Crippen LogP contribution in [0.25, 0.3) is 11.3 Å². The lowest BCUT2D eigenvalue weighted by molar-refractivity contribution is -0.126. The zero-order valence-corrected chi connectivity index (χ0v) is 17.8. The molecule has 0 saturated heterocycles. The van der Waals surface area contributed by atoms with E-state index in [1.165, 1.54) is 5.56 Å². The summed E-state index contributed by atoms with van der Waals surface area (Å²) in [7, 11) is 3.82. The predicted octanol–water partition coefficient (Wildman–Crippen LogP) is 4.68. The van der Waals surface area contributed by atoms with Crippen molar-refractivity contribution in [3.05, 3.63) is 77.7 Å². The number of aromatic amines is 1. The molecule has 2 atom stereocenters. The zero-order valence-electron chi connectivity index (χ0n) is 17.8. The first-order chi connectivity index (χ1) is 13.9. The highest BCUT2D eigenvalue weighted by Gasteiger charge is 2.25. The maximum atomic E-state index is 13.0. The summed E-state index contributed by atoms with van der Waals surface area (Å²) in [5.74, 6) is 1.20. The summed E-state index contributed by atoms with van der Waals surface area (Å²) in [4.78, 5) is 22.7. The number of H-pyrrole nitrogens is 1. The Hall–Kier alpha value is -2.92. The van der Waals surface area contributed by atoms with Crippen molar-refractivity contribution in [2.45, 2.75) is 38.8 Å². The standard InChI is InChI=1S/C24H30N4O/c1-16(2)18-11-13-19(14-12-18)21-15-25-23(27-21)17(3)26-24(29)22(28(4)5)20-9-7-6-8-10-20/h6-17,22H,1-5H3,(H,25,27)(H,26,29). The lowest BCUT2D eigenvalue weighted by atomic mass is 10.0. The quantitative estimate of drug-likeness (QED) is 0.616. The molecule has 1 aromatic heterocycles. The lowest BCUT2D eigenvalue weighted by Crippen LogP contribution is -2.38. The topological polar surface area (TPSA) is 61.0 Å². The molecule has 1 heterocycles.